The summed E-state index contributed by atoms with van der Waals surface area (Å²) >= 11 is 0. The maximum absolute atomic E-state index is 12.7. The summed E-state index contributed by atoms with van der Waals surface area (Å²) in [6.07, 6.45) is 1.00. The molecule has 1 saturated heterocycles. The normalized spacial score (nSPS) is 17.4. The Kier molecular flexibility index (Phi) is 6.51. The Morgan fingerprint density at radius 2 is 1.70 bits per heavy atom. The number of amides is 1. The lowest BCUT2D eigenvalue weighted by atomic mass is 9.96. The Morgan fingerprint density at radius 1 is 1.06 bits per heavy atom. The van der Waals surface area contributed by atoms with Crippen LogP contribution in [-0.2, 0) is 24.3 Å². The van der Waals surface area contributed by atoms with Crippen molar-refractivity contribution >= 4 is 33.4 Å². The quantitative estimate of drug-likeness (QED) is 0.625. The molecule has 2 aromatic carbocycles. The predicted molar refractivity (Wildman–Crippen MR) is 124 cm³/mol. The molecule has 0 spiro atoms. The van der Waals surface area contributed by atoms with Crippen LogP contribution >= 0.6 is 0 Å². The number of hydrogen-bond donors (Lipinski definition) is 0. The molecule has 0 aromatic heterocycles. The Morgan fingerprint density at radius 3 is 2.36 bits per heavy atom. The number of rotatable bonds is 5. The second-order valence-corrected chi connectivity index (χ2v) is 10.0. The SMILES string of the molecule is CC(C)N(C(=O)COC(=O)C1CCN(C2=NS(=O)(=O)c3ccccc32)CC1)c1ccccc1. The molecule has 0 N–H and O–H groups in total. The number of fused-ring (bicyclic) bond motifs is 1. The highest BCUT2D eigenvalue weighted by atomic mass is 32.2. The highest BCUT2D eigenvalue weighted by molar-refractivity contribution is 7.90. The standard InChI is InChI=1S/C24H27N3O5S/c1-17(2)27(19-8-4-3-5-9-19)22(28)16-32-24(29)18-12-14-26(15-13-18)23-20-10-6-7-11-21(20)33(30,31)25-23/h3-11,17-18H,12-16H2,1-2H3. The molecule has 0 unspecified atom stereocenters. The van der Waals surface area contributed by atoms with Crippen LogP contribution in [0.3, 0.4) is 0 Å². The summed E-state index contributed by atoms with van der Waals surface area (Å²) in [5.41, 5.74) is 1.35. The Labute approximate surface area is 193 Å². The summed E-state index contributed by atoms with van der Waals surface area (Å²) in [4.78, 5) is 29.1. The highest BCUT2D eigenvalue weighted by Crippen LogP contribution is 2.30. The molecule has 9 heteroatoms. The van der Waals surface area contributed by atoms with Crippen molar-refractivity contribution in [3.8, 4) is 0 Å². The van der Waals surface area contributed by atoms with Crippen LogP contribution in [0.4, 0.5) is 5.69 Å². The Bertz CT molecular complexity index is 1170. The van der Waals surface area contributed by atoms with Crippen LogP contribution in [0.25, 0.3) is 0 Å². The molecule has 1 fully saturated rings. The summed E-state index contributed by atoms with van der Waals surface area (Å²) < 4.78 is 33.9. The number of ether oxygens (including phenoxy) is 1. The number of carbonyl (C=O) groups is 2. The van der Waals surface area contributed by atoms with Crippen molar-refractivity contribution in [2.24, 2.45) is 10.3 Å². The van der Waals surface area contributed by atoms with E-state index in [-0.39, 0.29) is 29.4 Å². The molecule has 0 saturated carbocycles. The van der Waals surface area contributed by atoms with Gasteiger partial charge in [-0.3, -0.25) is 9.59 Å². The summed E-state index contributed by atoms with van der Waals surface area (Å²) in [5, 5.41) is 0. The number of amidine groups is 1. The lowest BCUT2D eigenvalue weighted by Crippen LogP contribution is -2.42. The van der Waals surface area contributed by atoms with Gasteiger partial charge < -0.3 is 14.5 Å². The number of para-hydroxylation sites is 1. The van der Waals surface area contributed by atoms with Gasteiger partial charge in [0.1, 0.15) is 4.90 Å². The molecule has 0 bridgehead atoms. The summed E-state index contributed by atoms with van der Waals surface area (Å²) in [6.45, 7) is 4.47. The van der Waals surface area contributed by atoms with Crippen molar-refractivity contribution in [2.45, 2.75) is 37.6 Å². The van der Waals surface area contributed by atoms with E-state index in [1.165, 1.54) is 0 Å². The van der Waals surface area contributed by atoms with Crippen LogP contribution < -0.4 is 4.90 Å². The molecule has 2 heterocycles. The van der Waals surface area contributed by atoms with Gasteiger partial charge >= 0.3 is 5.97 Å². The van der Waals surface area contributed by atoms with Crippen LogP contribution in [0.15, 0.2) is 63.9 Å². The topological polar surface area (TPSA) is 96.3 Å². The number of esters is 1. The van der Waals surface area contributed by atoms with Gasteiger partial charge in [0.2, 0.25) is 0 Å². The first-order valence-corrected chi connectivity index (χ1v) is 12.4. The lowest BCUT2D eigenvalue weighted by Gasteiger charge is -2.32. The van der Waals surface area contributed by atoms with E-state index >= 15 is 0 Å². The van der Waals surface area contributed by atoms with Gasteiger partial charge in [-0.15, -0.1) is 4.40 Å². The summed E-state index contributed by atoms with van der Waals surface area (Å²) in [5.74, 6) is -0.583. The molecule has 0 aliphatic carbocycles. The molecular weight excluding hydrogens is 442 g/mol. The van der Waals surface area contributed by atoms with Gasteiger partial charge in [-0.1, -0.05) is 30.3 Å². The average Bonchev–Trinajstić information content (AvgIpc) is 3.09. The number of carbonyl (C=O) groups excluding carboxylic acids is 2. The van der Waals surface area contributed by atoms with Gasteiger partial charge in [0.15, 0.2) is 12.4 Å². The maximum Gasteiger partial charge on any atom is 0.309 e. The number of benzene rings is 2. The zero-order chi connectivity index (χ0) is 23.6. The first-order valence-electron chi connectivity index (χ1n) is 11.0. The molecule has 2 aromatic rings. The zero-order valence-electron chi connectivity index (χ0n) is 18.7. The molecule has 174 valence electrons. The number of likely N-dealkylation sites (tertiary alicyclic amines) is 1. The van der Waals surface area contributed by atoms with Crippen molar-refractivity contribution in [1.29, 1.82) is 0 Å². The fraction of sp³-hybridized carbons (Fsp3) is 0.375. The Balaban J connectivity index is 1.33. The van der Waals surface area contributed by atoms with E-state index in [0.29, 0.717) is 37.3 Å². The van der Waals surface area contributed by atoms with Crippen molar-refractivity contribution in [1.82, 2.24) is 4.90 Å². The second-order valence-electron chi connectivity index (χ2n) is 8.45. The minimum atomic E-state index is -3.68. The largest absolute Gasteiger partial charge is 0.455 e. The summed E-state index contributed by atoms with van der Waals surface area (Å²) in [6, 6.07) is 16.0. The molecule has 2 aliphatic rings. The van der Waals surface area contributed by atoms with Crippen LogP contribution in [0.5, 0.6) is 0 Å². The molecule has 33 heavy (non-hydrogen) atoms. The molecule has 4 rings (SSSR count). The molecule has 0 radical (unpaired) electrons. The van der Waals surface area contributed by atoms with E-state index in [2.05, 4.69) is 4.40 Å². The second kappa shape index (κ2) is 9.35. The van der Waals surface area contributed by atoms with Crippen molar-refractivity contribution in [3.05, 3.63) is 60.2 Å². The minimum Gasteiger partial charge on any atom is -0.455 e. The molecule has 0 atom stereocenters. The zero-order valence-corrected chi connectivity index (χ0v) is 19.5. The number of anilines is 1. The third-order valence-electron chi connectivity index (χ3n) is 5.90. The van der Waals surface area contributed by atoms with E-state index in [0.717, 1.165) is 5.69 Å². The monoisotopic (exact) mass is 469 g/mol. The average molecular weight is 470 g/mol. The van der Waals surface area contributed by atoms with E-state index < -0.39 is 16.0 Å². The van der Waals surface area contributed by atoms with Crippen molar-refractivity contribution in [3.63, 3.8) is 0 Å². The Hall–Kier alpha value is -3.20. The van der Waals surface area contributed by atoms with E-state index in [1.807, 2.05) is 49.1 Å². The van der Waals surface area contributed by atoms with Crippen LogP contribution in [0.1, 0.15) is 32.3 Å². The van der Waals surface area contributed by atoms with Crippen molar-refractivity contribution < 1.29 is 22.7 Å². The minimum absolute atomic E-state index is 0.0758. The van der Waals surface area contributed by atoms with Crippen molar-refractivity contribution in [2.75, 3.05) is 24.6 Å². The number of nitrogens with zero attached hydrogens (tertiary/aromatic N) is 3. The van der Waals surface area contributed by atoms with E-state index in [4.69, 9.17) is 4.74 Å². The summed E-state index contributed by atoms with van der Waals surface area (Å²) in [7, 11) is -3.68. The number of hydrogen-bond acceptors (Lipinski definition) is 6. The fourth-order valence-corrected chi connectivity index (χ4v) is 5.51. The molecule has 8 nitrogen and oxygen atoms in total. The highest BCUT2D eigenvalue weighted by Gasteiger charge is 2.35. The van der Waals surface area contributed by atoms with Crippen LogP contribution in [0.2, 0.25) is 0 Å². The first kappa shape index (κ1) is 23.0. The van der Waals surface area contributed by atoms with Gasteiger partial charge in [-0.2, -0.15) is 8.42 Å². The number of sulfonamides is 1. The van der Waals surface area contributed by atoms with E-state index in [9.17, 15) is 18.0 Å². The maximum atomic E-state index is 12.7. The van der Waals surface area contributed by atoms with E-state index in [1.54, 1.807) is 29.2 Å². The lowest BCUT2D eigenvalue weighted by molar-refractivity contribution is -0.153. The smallest absolute Gasteiger partial charge is 0.309 e. The molecule has 1 amide bonds. The molecular formula is C24H27N3O5S. The molecule has 2 aliphatic heterocycles. The predicted octanol–water partition coefficient (Wildman–Crippen LogP) is 2.83. The van der Waals surface area contributed by atoms with Gasteiger partial charge in [0.05, 0.1) is 5.92 Å². The van der Waals surface area contributed by atoms with Crippen LogP contribution in [0, 0.1) is 5.92 Å². The van der Waals surface area contributed by atoms with Crippen LogP contribution in [-0.4, -0.2) is 56.8 Å². The fourth-order valence-electron chi connectivity index (χ4n) is 4.28. The number of piperidine rings is 1. The van der Waals surface area contributed by atoms with Gasteiger partial charge in [-0.25, -0.2) is 0 Å². The third-order valence-corrected chi connectivity index (χ3v) is 7.22. The van der Waals surface area contributed by atoms with Gasteiger partial charge in [0.25, 0.3) is 15.9 Å². The third kappa shape index (κ3) is 4.78. The van der Waals surface area contributed by atoms with Gasteiger partial charge in [0, 0.05) is 30.4 Å². The first-order chi connectivity index (χ1) is 15.8. The van der Waals surface area contributed by atoms with Gasteiger partial charge in [-0.05, 0) is 51.0 Å².